The van der Waals surface area contributed by atoms with E-state index in [1.165, 1.54) is 18.2 Å². The van der Waals surface area contributed by atoms with Crippen LogP contribution < -0.4 is 10.1 Å². The van der Waals surface area contributed by atoms with Crippen LogP contribution >= 0.6 is 11.6 Å². The summed E-state index contributed by atoms with van der Waals surface area (Å²) in [6.07, 6.45) is 0. The molecule has 0 aliphatic heterocycles. The van der Waals surface area contributed by atoms with E-state index in [0.717, 1.165) is 6.07 Å². The lowest BCUT2D eigenvalue weighted by Crippen LogP contribution is -2.11. The van der Waals surface area contributed by atoms with Crippen LogP contribution in [0.15, 0.2) is 59.0 Å². The van der Waals surface area contributed by atoms with Gasteiger partial charge in [0.2, 0.25) is 0 Å². The summed E-state index contributed by atoms with van der Waals surface area (Å²) < 4.78 is 10.9. The predicted molar refractivity (Wildman–Crippen MR) is 97.2 cm³/mol. The lowest BCUT2D eigenvalue weighted by Gasteiger charge is -2.06. The van der Waals surface area contributed by atoms with Crippen LogP contribution in [0, 0.1) is 10.1 Å². The Kier molecular flexibility index (Phi) is 5.28. The first-order valence-corrected chi connectivity index (χ1v) is 8.06. The van der Waals surface area contributed by atoms with Crippen LogP contribution in [0.2, 0.25) is 5.02 Å². The number of rotatable bonds is 6. The molecule has 0 saturated heterocycles. The number of benzene rings is 2. The second-order valence-corrected chi connectivity index (χ2v) is 5.86. The standard InChI is InChI=1S/C18H13ClN2O6/c19-11-2-1-3-13(8-11)26-10-14-5-7-17(27-14)18(23)20-15-6-4-12(21(24)25)9-16(15)22/h1-9,22H,10H2,(H,20,23). The van der Waals surface area contributed by atoms with Crippen molar-refractivity contribution in [3.63, 3.8) is 0 Å². The predicted octanol–water partition coefficient (Wildman–Crippen LogP) is 4.38. The topological polar surface area (TPSA) is 115 Å². The second kappa shape index (κ2) is 7.79. The largest absolute Gasteiger partial charge is 0.506 e. The van der Waals surface area contributed by atoms with E-state index in [-0.39, 0.29) is 23.7 Å². The maximum atomic E-state index is 12.2. The Morgan fingerprint density at radius 1 is 1.22 bits per heavy atom. The molecule has 0 radical (unpaired) electrons. The number of amides is 1. The number of aromatic hydroxyl groups is 1. The van der Waals surface area contributed by atoms with Crippen LogP contribution in [0.25, 0.3) is 0 Å². The number of anilines is 1. The lowest BCUT2D eigenvalue weighted by atomic mass is 10.2. The molecule has 0 aliphatic rings. The molecule has 1 heterocycles. The summed E-state index contributed by atoms with van der Waals surface area (Å²) in [5.74, 6) is -0.0759. The van der Waals surface area contributed by atoms with Crippen molar-refractivity contribution in [1.29, 1.82) is 0 Å². The maximum absolute atomic E-state index is 12.2. The van der Waals surface area contributed by atoms with Crippen LogP contribution in [-0.4, -0.2) is 15.9 Å². The highest BCUT2D eigenvalue weighted by Gasteiger charge is 2.16. The van der Waals surface area contributed by atoms with Gasteiger partial charge in [-0.3, -0.25) is 14.9 Å². The van der Waals surface area contributed by atoms with Gasteiger partial charge in [0.1, 0.15) is 23.9 Å². The van der Waals surface area contributed by atoms with Crippen molar-refractivity contribution in [2.75, 3.05) is 5.32 Å². The molecular weight excluding hydrogens is 376 g/mol. The normalized spacial score (nSPS) is 10.4. The summed E-state index contributed by atoms with van der Waals surface area (Å²) in [6.45, 7) is 0.0937. The first-order chi connectivity index (χ1) is 12.9. The first-order valence-electron chi connectivity index (χ1n) is 7.68. The molecule has 138 valence electrons. The molecule has 3 rings (SSSR count). The molecule has 0 aliphatic carbocycles. The van der Waals surface area contributed by atoms with E-state index in [0.29, 0.717) is 16.5 Å². The highest BCUT2D eigenvalue weighted by molar-refractivity contribution is 6.30. The molecule has 0 unspecified atom stereocenters. The number of ether oxygens (including phenoxy) is 1. The Bertz CT molecular complexity index is 1000. The molecule has 0 spiro atoms. The van der Waals surface area contributed by atoms with Crippen molar-refractivity contribution in [1.82, 2.24) is 0 Å². The van der Waals surface area contributed by atoms with E-state index in [4.69, 9.17) is 20.8 Å². The quantitative estimate of drug-likeness (QED) is 0.368. The zero-order chi connectivity index (χ0) is 19.4. The number of non-ortho nitro benzene ring substituents is 1. The van der Waals surface area contributed by atoms with Crippen LogP contribution in [0.4, 0.5) is 11.4 Å². The Labute approximate surface area is 158 Å². The third kappa shape index (κ3) is 4.56. The van der Waals surface area contributed by atoms with Crippen molar-refractivity contribution in [2.24, 2.45) is 0 Å². The van der Waals surface area contributed by atoms with Gasteiger partial charge in [-0.05, 0) is 36.4 Å². The van der Waals surface area contributed by atoms with Gasteiger partial charge >= 0.3 is 0 Å². The van der Waals surface area contributed by atoms with E-state index >= 15 is 0 Å². The number of hydrogen-bond donors (Lipinski definition) is 2. The molecule has 2 aromatic carbocycles. The third-order valence-corrected chi connectivity index (χ3v) is 3.74. The zero-order valence-electron chi connectivity index (χ0n) is 13.7. The van der Waals surface area contributed by atoms with Crippen LogP contribution in [0.3, 0.4) is 0 Å². The van der Waals surface area contributed by atoms with Crippen molar-refractivity contribution in [2.45, 2.75) is 6.61 Å². The van der Waals surface area contributed by atoms with E-state index in [1.54, 1.807) is 30.3 Å². The summed E-state index contributed by atoms with van der Waals surface area (Å²) in [6, 6.07) is 13.2. The van der Waals surface area contributed by atoms with Gasteiger partial charge in [0.25, 0.3) is 11.6 Å². The molecular formula is C18H13ClN2O6. The number of nitrogens with zero attached hydrogens (tertiary/aromatic N) is 1. The van der Waals surface area contributed by atoms with Crippen LogP contribution in [0.1, 0.15) is 16.3 Å². The van der Waals surface area contributed by atoms with Crippen LogP contribution in [0.5, 0.6) is 11.5 Å². The Hall–Kier alpha value is -3.52. The van der Waals surface area contributed by atoms with Gasteiger partial charge in [0.05, 0.1) is 16.7 Å². The maximum Gasteiger partial charge on any atom is 0.291 e. The van der Waals surface area contributed by atoms with Gasteiger partial charge in [-0.25, -0.2) is 0 Å². The van der Waals surface area contributed by atoms with Crippen molar-refractivity contribution < 1.29 is 24.0 Å². The Morgan fingerprint density at radius 3 is 2.74 bits per heavy atom. The number of phenolic OH excluding ortho intramolecular Hbond substituents is 1. The summed E-state index contributed by atoms with van der Waals surface area (Å²) in [4.78, 5) is 22.2. The van der Waals surface area contributed by atoms with E-state index in [1.807, 2.05) is 0 Å². The van der Waals surface area contributed by atoms with E-state index in [2.05, 4.69) is 5.32 Å². The SMILES string of the molecule is O=C(Nc1ccc([N+](=O)[O-])cc1O)c1ccc(COc2cccc(Cl)c2)o1. The monoisotopic (exact) mass is 388 g/mol. The second-order valence-electron chi connectivity index (χ2n) is 5.42. The molecule has 27 heavy (non-hydrogen) atoms. The molecule has 0 bridgehead atoms. The minimum atomic E-state index is -0.649. The van der Waals surface area contributed by atoms with Gasteiger partial charge in [-0.2, -0.15) is 0 Å². The van der Waals surface area contributed by atoms with E-state index < -0.39 is 16.6 Å². The number of nitro benzene ring substituents is 1. The van der Waals surface area contributed by atoms with Gasteiger partial charge < -0.3 is 19.6 Å². The highest BCUT2D eigenvalue weighted by atomic mass is 35.5. The minimum Gasteiger partial charge on any atom is -0.506 e. The molecule has 0 fully saturated rings. The molecule has 0 saturated carbocycles. The summed E-state index contributed by atoms with van der Waals surface area (Å²) >= 11 is 5.88. The average molecular weight is 389 g/mol. The fraction of sp³-hybridized carbons (Fsp3) is 0.0556. The first kappa shape index (κ1) is 18.3. The van der Waals surface area contributed by atoms with Gasteiger partial charge in [0.15, 0.2) is 5.76 Å². The van der Waals surface area contributed by atoms with Crippen LogP contribution in [-0.2, 0) is 6.61 Å². The molecule has 2 N–H and O–H groups in total. The van der Waals surface area contributed by atoms with Gasteiger partial charge in [0, 0.05) is 11.1 Å². The molecule has 0 atom stereocenters. The van der Waals surface area contributed by atoms with Crippen molar-refractivity contribution in [3.05, 3.63) is 81.3 Å². The minimum absolute atomic E-state index is 0.00236. The lowest BCUT2D eigenvalue weighted by molar-refractivity contribution is -0.384. The summed E-state index contributed by atoms with van der Waals surface area (Å²) in [5, 5.41) is 23.4. The van der Waals surface area contributed by atoms with Gasteiger partial charge in [-0.1, -0.05) is 17.7 Å². The number of hydrogen-bond acceptors (Lipinski definition) is 6. The number of nitro groups is 1. The van der Waals surface area contributed by atoms with E-state index in [9.17, 15) is 20.0 Å². The van der Waals surface area contributed by atoms with Gasteiger partial charge in [-0.15, -0.1) is 0 Å². The summed E-state index contributed by atoms with van der Waals surface area (Å²) in [5.41, 5.74) is -0.261. The highest BCUT2D eigenvalue weighted by Crippen LogP contribution is 2.28. The molecule has 1 aromatic heterocycles. The smallest absolute Gasteiger partial charge is 0.291 e. The number of nitrogens with one attached hydrogen (secondary N) is 1. The third-order valence-electron chi connectivity index (χ3n) is 3.50. The fourth-order valence-electron chi connectivity index (χ4n) is 2.21. The number of carbonyl (C=O) groups excluding carboxylic acids is 1. The number of halogens is 1. The fourth-order valence-corrected chi connectivity index (χ4v) is 2.39. The van der Waals surface area contributed by atoms with Crippen molar-refractivity contribution in [3.8, 4) is 11.5 Å². The zero-order valence-corrected chi connectivity index (χ0v) is 14.5. The molecule has 8 nitrogen and oxygen atoms in total. The summed E-state index contributed by atoms with van der Waals surface area (Å²) in [7, 11) is 0. The number of carbonyl (C=O) groups is 1. The average Bonchev–Trinajstić information content (AvgIpc) is 3.11. The molecule has 3 aromatic rings. The molecule has 9 heteroatoms. The molecule has 1 amide bonds. The van der Waals surface area contributed by atoms with Crippen molar-refractivity contribution >= 4 is 28.9 Å². The number of phenols is 1. The Morgan fingerprint density at radius 2 is 2.04 bits per heavy atom. The number of furan rings is 1. The Balaban J connectivity index is 1.64.